The van der Waals surface area contributed by atoms with Crippen molar-refractivity contribution in [3.63, 3.8) is 0 Å². The Morgan fingerprint density at radius 1 is 1.53 bits per heavy atom. The predicted molar refractivity (Wildman–Crippen MR) is 64.3 cm³/mol. The number of halogens is 1. The summed E-state index contributed by atoms with van der Waals surface area (Å²) in [7, 11) is 0. The lowest BCUT2D eigenvalue weighted by Gasteiger charge is -2.23. The van der Waals surface area contributed by atoms with E-state index in [0.717, 1.165) is 13.2 Å². The van der Waals surface area contributed by atoms with Gasteiger partial charge in [0.2, 0.25) is 0 Å². The van der Waals surface area contributed by atoms with Crippen LogP contribution >= 0.6 is 27.3 Å². The largest absolute Gasteiger partial charge is 0.376 e. The first kappa shape index (κ1) is 9.63. The fraction of sp³-hybridized carbons (Fsp3) is 0.273. The van der Waals surface area contributed by atoms with E-state index in [1.807, 2.05) is 12.4 Å². The summed E-state index contributed by atoms with van der Waals surface area (Å²) in [5.74, 6) is 0.376. The second kappa shape index (κ2) is 3.77. The van der Waals surface area contributed by atoms with Crippen molar-refractivity contribution in [2.24, 2.45) is 0 Å². The van der Waals surface area contributed by atoms with E-state index in [4.69, 9.17) is 4.74 Å². The van der Waals surface area contributed by atoms with Gasteiger partial charge in [-0.1, -0.05) is 0 Å². The summed E-state index contributed by atoms with van der Waals surface area (Å²) in [4.78, 5) is 3.10. The number of nitrogens with one attached hydrogen (secondary N) is 1. The van der Waals surface area contributed by atoms with Crippen molar-refractivity contribution < 1.29 is 4.74 Å². The highest BCUT2D eigenvalue weighted by molar-refractivity contribution is 9.11. The highest BCUT2D eigenvalue weighted by atomic mass is 79.9. The Kier molecular flexibility index (Phi) is 2.42. The molecule has 0 radical (unpaired) electrons. The normalized spacial score (nSPS) is 20.2. The molecule has 78 valence electrons. The first-order valence-corrected chi connectivity index (χ1v) is 6.49. The molecular formula is C11H10BrNOS. The molecule has 1 aliphatic heterocycles. The Morgan fingerprint density at radius 3 is 3.27 bits per heavy atom. The van der Waals surface area contributed by atoms with Crippen LogP contribution in [0.25, 0.3) is 0 Å². The lowest BCUT2D eigenvalue weighted by Crippen LogP contribution is -2.16. The molecule has 0 amide bonds. The second-order valence-electron chi connectivity index (χ2n) is 3.66. The summed E-state index contributed by atoms with van der Waals surface area (Å²) in [6.45, 7) is 1.53. The van der Waals surface area contributed by atoms with Crippen LogP contribution in [0.5, 0.6) is 0 Å². The molecule has 3 rings (SSSR count). The predicted octanol–water partition coefficient (Wildman–Crippen LogP) is 3.50. The molecule has 2 nitrogen and oxygen atoms in total. The van der Waals surface area contributed by atoms with Gasteiger partial charge in [0, 0.05) is 18.3 Å². The molecule has 1 unspecified atom stereocenters. The molecule has 0 aliphatic carbocycles. The number of aromatic nitrogens is 1. The second-order valence-corrected chi connectivity index (χ2v) is 5.86. The van der Waals surface area contributed by atoms with Gasteiger partial charge >= 0.3 is 0 Å². The van der Waals surface area contributed by atoms with Crippen LogP contribution in [0.15, 0.2) is 27.6 Å². The topological polar surface area (TPSA) is 25.0 Å². The molecule has 2 aromatic heterocycles. The minimum absolute atomic E-state index is 0.376. The van der Waals surface area contributed by atoms with E-state index in [2.05, 4.69) is 32.4 Å². The molecule has 0 spiro atoms. The summed E-state index contributed by atoms with van der Waals surface area (Å²) in [5.41, 5.74) is 4.03. The van der Waals surface area contributed by atoms with Gasteiger partial charge in [-0.2, -0.15) is 0 Å². The standard InChI is InChI=1S/C11H10BrNOS/c12-11-10-8(6-15-11)4-14-5-9(10)7-1-2-13-3-7/h1-3,6,9,13H,4-5H2. The third kappa shape index (κ3) is 1.57. The molecule has 0 bridgehead atoms. The maximum absolute atomic E-state index is 5.62. The Morgan fingerprint density at radius 2 is 2.47 bits per heavy atom. The summed E-state index contributed by atoms with van der Waals surface area (Å²) in [6.07, 6.45) is 4.01. The fourth-order valence-corrected chi connectivity index (χ4v) is 3.69. The summed E-state index contributed by atoms with van der Waals surface area (Å²) < 4.78 is 6.86. The molecule has 1 atom stereocenters. The highest BCUT2D eigenvalue weighted by Gasteiger charge is 2.26. The lowest BCUT2D eigenvalue weighted by molar-refractivity contribution is 0.0998. The molecule has 4 heteroatoms. The molecule has 0 saturated heterocycles. The van der Waals surface area contributed by atoms with Crippen molar-refractivity contribution in [1.82, 2.24) is 4.98 Å². The zero-order valence-corrected chi connectivity index (χ0v) is 10.4. The number of aromatic amines is 1. The third-order valence-corrected chi connectivity index (χ3v) is 4.59. The first-order chi connectivity index (χ1) is 7.36. The van der Waals surface area contributed by atoms with Gasteiger partial charge in [0.25, 0.3) is 0 Å². The third-order valence-electron chi connectivity index (χ3n) is 2.78. The lowest BCUT2D eigenvalue weighted by atomic mass is 9.92. The monoisotopic (exact) mass is 283 g/mol. The van der Waals surface area contributed by atoms with Crippen LogP contribution in [0.3, 0.4) is 0 Å². The number of rotatable bonds is 1. The van der Waals surface area contributed by atoms with Crippen molar-refractivity contribution in [1.29, 1.82) is 0 Å². The van der Waals surface area contributed by atoms with Crippen molar-refractivity contribution in [2.45, 2.75) is 12.5 Å². The maximum Gasteiger partial charge on any atom is 0.0741 e. The average molecular weight is 284 g/mol. The van der Waals surface area contributed by atoms with E-state index >= 15 is 0 Å². The summed E-state index contributed by atoms with van der Waals surface area (Å²) >= 11 is 5.38. The van der Waals surface area contributed by atoms with Gasteiger partial charge in [0.15, 0.2) is 0 Å². The van der Waals surface area contributed by atoms with Crippen LogP contribution in [-0.4, -0.2) is 11.6 Å². The van der Waals surface area contributed by atoms with Gasteiger partial charge in [0.05, 0.1) is 17.0 Å². The number of ether oxygens (including phenoxy) is 1. The van der Waals surface area contributed by atoms with Gasteiger partial charge in [-0.25, -0.2) is 0 Å². The van der Waals surface area contributed by atoms with Crippen molar-refractivity contribution in [3.8, 4) is 0 Å². The number of fused-ring (bicyclic) bond motifs is 1. The van der Waals surface area contributed by atoms with Gasteiger partial charge in [-0.15, -0.1) is 11.3 Å². The molecule has 1 aliphatic rings. The Labute approximate surface area is 100 Å². The zero-order chi connectivity index (χ0) is 10.3. The molecule has 3 heterocycles. The molecule has 0 aromatic carbocycles. The van der Waals surface area contributed by atoms with E-state index < -0.39 is 0 Å². The number of H-pyrrole nitrogens is 1. The van der Waals surface area contributed by atoms with Gasteiger partial charge in [-0.3, -0.25) is 0 Å². The van der Waals surface area contributed by atoms with E-state index in [1.165, 1.54) is 20.5 Å². The van der Waals surface area contributed by atoms with E-state index in [-0.39, 0.29) is 0 Å². The SMILES string of the molecule is Brc1scc2c1C(c1cc[nH]c1)COC2. The smallest absolute Gasteiger partial charge is 0.0741 e. The first-order valence-electron chi connectivity index (χ1n) is 4.82. The van der Waals surface area contributed by atoms with Crippen LogP contribution in [-0.2, 0) is 11.3 Å². The average Bonchev–Trinajstić information content (AvgIpc) is 2.88. The number of thiophene rings is 1. The molecular weight excluding hydrogens is 274 g/mol. The van der Waals surface area contributed by atoms with Crippen molar-refractivity contribution in [3.05, 3.63) is 44.3 Å². The fourth-order valence-electron chi connectivity index (χ4n) is 2.04. The number of hydrogen-bond donors (Lipinski definition) is 1. The van der Waals surface area contributed by atoms with Crippen LogP contribution in [0.4, 0.5) is 0 Å². The molecule has 1 N–H and O–H groups in total. The van der Waals surface area contributed by atoms with E-state index in [1.54, 1.807) is 11.3 Å². The molecule has 2 aromatic rings. The van der Waals surface area contributed by atoms with Crippen molar-refractivity contribution in [2.75, 3.05) is 6.61 Å². The minimum atomic E-state index is 0.376. The van der Waals surface area contributed by atoms with Gasteiger partial charge in [-0.05, 0) is 44.1 Å². The van der Waals surface area contributed by atoms with Crippen LogP contribution < -0.4 is 0 Å². The van der Waals surface area contributed by atoms with Crippen LogP contribution in [0, 0.1) is 0 Å². The van der Waals surface area contributed by atoms with Gasteiger partial charge in [0.1, 0.15) is 0 Å². The van der Waals surface area contributed by atoms with Crippen LogP contribution in [0.1, 0.15) is 22.6 Å². The van der Waals surface area contributed by atoms with Crippen LogP contribution in [0.2, 0.25) is 0 Å². The minimum Gasteiger partial charge on any atom is -0.376 e. The quantitative estimate of drug-likeness (QED) is 0.851. The molecule has 15 heavy (non-hydrogen) atoms. The van der Waals surface area contributed by atoms with Gasteiger partial charge < -0.3 is 9.72 Å². The molecule has 0 fully saturated rings. The number of hydrogen-bond acceptors (Lipinski definition) is 2. The zero-order valence-electron chi connectivity index (χ0n) is 8.00. The summed E-state index contributed by atoms with van der Waals surface area (Å²) in [5, 5.41) is 2.18. The Balaban J connectivity index is 2.09. The highest BCUT2D eigenvalue weighted by Crippen LogP contribution is 2.40. The molecule has 0 saturated carbocycles. The maximum atomic E-state index is 5.62. The Hall–Kier alpha value is -0.580. The van der Waals surface area contributed by atoms with Crippen molar-refractivity contribution >= 4 is 27.3 Å². The summed E-state index contributed by atoms with van der Waals surface area (Å²) in [6, 6.07) is 2.12. The van der Waals surface area contributed by atoms with E-state index in [0.29, 0.717) is 5.92 Å². The Bertz CT molecular complexity index is 463. The van der Waals surface area contributed by atoms with E-state index in [9.17, 15) is 0 Å².